The van der Waals surface area contributed by atoms with E-state index in [0.717, 1.165) is 6.07 Å². The molecule has 0 saturated heterocycles. The molecule has 7 heteroatoms. The Hall–Kier alpha value is -1.11. The third kappa shape index (κ3) is 2.03. The number of nitrogens with two attached hydrogens (primary N) is 1. The first kappa shape index (κ1) is 11.0. The summed E-state index contributed by atoms with van der Waals surface area (Å²) < 4.78 is 21.9. The van der Waals surface area contributed by atoms with E-state index < -0.39 is 16.0 Å². The largest absolute Gasteiger partial charge is 0.478 e. The Bertz CT molecular complexity index is 482. The number of carboxylic acids is 1. The lowest BCUT2D eigenvalue weighted by Crippen LogP contribution is -2.14. The van der Waals surface area contributed by atoms with Gasteiger partial charge in [-0.05, 0) is 12.1 Å². The molecule has 14 heavy (non-hydrogen) atoms. The van der Waals surface area contributed by atoms with E-state index in [2.05, 4.69) is 0 Å². The molecule has 3 N–H and O–H groups in total. The second kappa shape index (κ2) is 3.56. The zero-order valence-electron chi connectivity index (χ0n) is 6.77. The van der Waals surface area contributed by atoms with Gasteiger partial charge < -0.3 is 5.11 Å². The van der Waals surface area contributed by atoms with Crippen LogP contribution in [0.3, 0.4) is 0 Å². The third-order valence-corrected chi connectivity index (χ3v) is 2.97. The molecular weight excluding hydrogens is 230 g/mol. The molecule has 0 aliphatic carbocycles. The molecule has 0 heterocycles. The molecule has 0 amide bonds. The number of carboxylic acid groups (broad SMARTS) is 1. The van der Waals surface area contributed by atoms with Gasteiger partial charge in [-0.15, -0.1) is 0 Å². The highest BCUT2D eigenvalue weighted by molar-refractivity contribution is 7.89. The number of aromatic carboxylic acids is 1. The normalized spacial score (nSPS) is 11.3. The first-order valence-electron chi connectivity index (χ1n) is 3.38. The highest BCUT2D eigenvalue weighted by Crippen LogP contribution is 2.24. The standard InChI is InChI=1S/C7H6ClNO4S/c8-6-4(7(10)11)2-1-3-5(6)14(9,12)13/h1-3H,(H,10,11)(H2,9,12,13). The molecule has 0 bridgehead atoms. The van der Waals surface area contributed by atoms with E-state index in [1.165, 1.54) is 12.1 Å². The van der Waals surface area contributed by atoms with Gasteiger partial charge in [-0.3, -0.25) is 0 Å². The smallest absolute Gasteiger partial charge is 0.337 e. The SMILES string of the molecule is NS(=O)(=O)c1cccc(C(=O)O)c1Cl. The fraction of sp³-hybridized carbons (Fsp3) is 0. The molecule has 0 atom stereocenters. The van der Waals surface area contributed by atoms with Gasteiger partial charge in [-0.1, -0.05) is 17.7 Å². The molecule has 0 aromatic heterocycles. The summed E-state index contributed by atoms with van der Waals surface area (Å²) >= 11 is 5.55. The second-order valence-electron chi connectivity index (χ2n) is 2.47. The average Bonchev–Trinajstić information content (AvgIpc) is 2.01. The maximum absolute atomic E-state index is 10.9. The number of sulfonamides is 1. The maximum Gasteiger partial charge on any atom is 0.337 e. The van der Waals surface area contributed by atoms with E-state index in [-0.39, 0.29) is 15.5 Å². The van der Waals surface area contributed by atoms with Crippen molar-refractivity contribution in [2.75, 3.05) is 0 Å². The lowest BCUT2D eigenvalue weighted by atomic mass is 10.2. The predicted octanol–water partition coefficient (Wildman–Crippen LogP) is 0.686. The molecule has 0 spiro atoms. The number of benzene rings is 1. The van der Waals surface area contributed by atoms with Crippen LogP contribution in [0.5, 0.6) is 0 Å². The number of hydrogen-bond donors (Lipinski definition) is 2. The van der Waals surface area contributed by atoms with Gasteiger partial charge in [0.05, 0.1) is 10.6 Å². The van der Waals surface area contributed by atoms with E-state index in [0.29, 0.717) is 0 Å². The number of hydrogen-bond acceptors (Lipinski definition) is 3. The number of rotatable bonds is 2. The molecule has 0 aliphatic heterocycles. The molecule has 0 aliphatic rings. The minimum absolute atomic E-state index is 0.293. The van der Waals surface area contributed by atoms with Crippen molar-refractivity contribution >= 4 is 27.6 Å². The van der Waals surface area contributed by atoms with Crippen LogP contribution in [-0.2, 0) is 10.0 Å². The first-order valence-corrected chi connectivity index (χ1v) is 5.31. The van der Waals surface area contributed by atoms with Gasteiger partial charge in [-0.25, -0.2) is 18.4 Å². The van der Waals surface area contributed by atoms with Crippen molar-refractivity contribution in [3.63, 3.8) is 0 Å². The first-order chi connectivity index (χ1) is 6.34. The van der Waals surface area contributed by atoms with Gasteiger partial charge in [0.25, 0.3) is 0 Å². The summed E-state index contributed by atoms with van der Waals surface area (Å²) in [7, 11) is -3.98. The molecule has 1 rings (SSSR count). The molecule has 76 valence electrons. The van der Waals surface area contributed by atoms with E-state index in [9.17, 15) is 13.2 Å². The van der Waals surface area contributed by atoms with Crippen molar-refractivity contribution in [3.05, 3.63) is 28.8 Å². The van der Waals surface area contributed by atoms with Gasteiger partial charge in [0, 0.05) is 0 Å². The van der Waals surface area contributed by atoms with Gasteiger partial charge in [0.2, 0.25) is 10.0 Å². The Labute approximate surface area is 85.2 Å². The van der Waals surface area contributed by atoms with Crippen molar-refractivity contribution in [2.24, 2.45) is 5.14 Å². The van der Waals surface area contributed by atoms with Gasteiger partial charge in [0.1, 0.15) is 4.90 Å². The van der Waals surface area contributed by atoms with Crippen LogP contribution in [0.2, 0.25) is 5.02 Å². The molecule has 0 fully saturated rings. The van der Waals surface area contributed by atoms with Crippen molar-refractivity contribution in [1.29, 1.82) is 0 Å². The zero-order valence-corrected chi connectivity index (χ0v) is 8.34. The zero-order chi connectivity index (χ0) is 10.9. The summed E-state index contributed by atoms with van der Waals surface area (Å²) in [6.07, 6.45) is 0. The van der Waals surface area contributed by atoms with Crippen LogP contribution in [0.1, 0.15) is 10.4 Å². The lowest BCUT2D eigenvalue weighted by molar-refractivity contribution is 0.0697. The lowest BCUT2D eigenvalue weighted by Gasteiger charge is -2.03. The topological polar surface area (TPSA) is 97.5 Å². The molecule has 0 unspecified atom stereocenters. The van der Waals surface area contributed by atoms with Gasteiger partial charge in [-0.2, -0.15) is 0 Å². The highest BCUT2D eigenvalue weighted by Gasteiger charge is 2.18. The Morgan fingerprint density at radius 3 is 2.43 bits per heavy atom. The van der Waals surface area contributed by atoms with Crippen molar-refractivity contribution in [2.45, 2.75) is 4.90 Å². The molecule has 0 saturated carbocycles. The Balaban J connectivity index is 3.51. The number of carbonyl (C=O) groups is 1. The number of primary sulfonamides is 1. The summed E-state index contributed by atoms with van der Waals surface area (Å²) in [4.78, 5) is 10.2. The summed E-state index contributed by atoms with van der Waals surface area (Å²) in [6, 6.07) is 3.60. The Kier molecular flexibility index (Phi) is 2.79. The van der Waals surface area contributed by atoms with Crippen molar-refractivity contribution in [3.8, 4) is 0 Å². The Morgan fingerprint density at radius 2 is 2.00 bits per heavy atom. The summed E-state index contributed by atoms with van der Waals surface area (Å²) in [5.41, 5.74) is -0.293. The van der Waals surface area contributed by atoms with Gasteiger partial charge in [0.15, 0.2) is 0 Å². The van der Waals surface area contributed by atoms with Crippen LogP contribution in [0.4, 0.5) is 0 Å². The van der Waals surface area contributed by atoms with Gasteiger partial charge >= 0.3 is 5.97 Å². The van der Waals surface area contributed by atoms with E-state index in [4.69, 9.17) is 21.8 Å². The molecular formula is C7H6ClNO4S. The molecule has 0 radical (unpaired) electrons. The molecule has 1 aromatic rings. The minimum Gasteiger partial charge on any atom is -0.478 e. The quantitative estimate of drug-likeness (QED) is 0.788. The van der Waals surface area contributed by atoms with E-state index in [1.54, 1.807) is 0 Å². The van der Waals surface area contributed by atoms with Crippen LogP contribution in [0.15, 0.2) is 23.1 Å². The van der Waals surface area contributed by atoms with Crippen LogP contribution < -0.4 is 5.14 Å². The fourth-order valence-electron chi connectivity index (χ4n) is 0.896. The summed E-state index contributed by atoms with van der Waals surface area (Å²) in [6.45, 7) is 0. The monoisotopic (exact) mass is 235 g/mol. The van der Waals surface area contributed by atoms with Crippen molar-refractivity contribution < 1.29 is 18.3 Å². The Morgan fingerprint density at radius 1 is 1.43 bits per heavy atom. The van der Waals surface area contributed by atoms with Crippen LogP contribution in [0.25, 0.3) is 0 Å². The van der Waals surface area contributed by atoms with E-state index in [1.807, 2.05) is 0 Å². The van der Waals surface area contributed by atoms with Crippen LogP contribution in [0, 0.1) is 0 Å². The summed E-state index contributed by atoms with van der Waals surface area (Å²) in [5, 5.41) is 13.1. The molecule has 5 nitrogen and oxygen atoms in total. The van der Waals surface area contributed by atoms with Crippen LogP contribution in [-0.4, -0.2) is 19.5 Å². The molecule has 1 aromatic carbocycles. The minimum atomic E-state index is -3.98. The highest BCUT2D eigenvalue weighted by atomic mass is 35.5. The fourth-order valence-corrected chi connectivity index (χ4v) is 2.05. The van der Waals surface area contributed by atoms with Crippen molar-refractivity contribution in [1.82, 2.24) is 0 Å². The average molecular weight is 236 g/mol. The summed E-state index contributed by atoms with van der Waals surface area (Å²) in [5.74, 6) is -1.31. The number of halogens is 1. The maximum atomic E-state index is 10.9. The van der Waals surface area contributed by atoms with E-state index >= 15 is 0 Å². The van der Waals surface area contributed by atoms with Crippen LogP contribution >= 0.6 is 11.6 Å². The third-order valence-electron chi connectivity index (χ3n) is 1.50. The second-order valence-corrected chi connectivity index (χ2v) is 4.38. The predicted molar refractivity (Wildman–Crippen MR) is 49.8 cm³/mol.